The first kappa shape index (κ1) is 32.2. The summed E-state index contributed by atoms with van der Waals surface area (Å²) in [4.78, 5) is 66.5. The number of nitrogens with two attached hydrogens (primary N) is 1. The van der Waals surface area contributed by atoms with E-state index in [0.717, 1.165) is 13.0 Å². The molecule has 0 aromatic carbocycles. The van der Waals surface area contributed by atoms with Crippen molar-refractivity contribution >= 4 is 29.4 Å². The number of Topliss-reactive ketones (excluding diaryl/α,β-unsaturated/α-hetero) is 1. The van der Waals surface area contributed by atoms with E-state index in [1.807, 2.05) is 4.90 Å². The van der Waals surface area contributed by atoms with Crippen LogP contribution >= 0.6 is 0 Å². The van der Waals surface area contributed by atoms with E-state index in [4.69, 9.17) is 10.5 Å². The van der Waals surface area contributed by atoms with Crippen molar-refractivity contribution in [1.82, 2.24) is 25.0 Å². The Morgan fingerprint density at radius 2 is 1.90 bits per heavy atom. The number of nitrogens with zero attached hydrogens (tertiary/aromatic N) is 3. The molecule has 13 heteroatoms. The van der Waals surface area contributed by atoms with E-state index in [1.165, 1.54) is 0 Å². The van der Waals surface area contributed by atoms with Crippen LogP contribution in [0.5, 0.6) is 0 Å². The van der Waals surface area contributed by atoms with Crippen LogP contribution in [0.1, 0.15) is 65.1 Å². The van der Waals surface area contributed by atoms with Gasteiger partial charge in [0.2, 0.25) is 17.7 Å². The van der Waals surface area contributed by atoms with E-state index < -0.39 is 17.9 Å². The maximum Gasteiger partial charge on any atom is 0.253 e. The molecule has 2 fully saturated rings. The van der Waals surface area contributed by atoms with Gasteiger partial charge in [-0.1, -0.05) is 0 Å². The second-order valence-corrected chi connectivity index (χ2v) is 10.7. The molecule has 0 bridgehead atoms. The van der Waals surface area contributed by atoms with Crippen LogP contribution < -0.4 is 16.4 Å². The van der Waals surface area contributed by atoms with Crippen LogP contribution in [0, 0.1) is 12.8 Å². The molecule has 0 aliphatic carbocycles. The summed E-state index contributed by atoms with van der Waals surface area (Å²) in [7, 11) is 1.55. The highest BCUT2D eigenvalue weighted by Gasteiger charge is 2.28. The number of rotatable bonds is 16. The van der Waals surface area contributed by atoms with Crippen molar-refractivity contribution in [2.24, 2.45) is 11.7 Å². The van der Waals surface area contributed by atoms with E-state index in [-0.39, 0.29) is 48.7 Å². The van der Waals surface area contributed by atoms with Gasteiger partial charge in [0.25, 0.3) is 5.91 Å². The van der Waals surface area contributed by atoms with Crippen molar-refractivity contribution in [2.45, 2.75) is 58.0 Å². The molecule has 5 N–H and O–H groups in total. The number of ketones is 1. The second-order valence-electron chi connectivity index (χ2n) is 10.7. The predicted octanol–water partition coefficient (Wildman–Crippen LogP) is -0.568. The summed E-state index contributed by atoms with van der Waals surface area (Å²) in [6.45, 7) is 5.06. The van der Waals surface area contributed by atoms with Gasteiger partial charge in [0, 0.05) is 57.9 Å². The number of primary amides is 1. The molecule has 3 rings (SSSR count). The average Bonchev–Trinajstić information content (AvgIpc) is 3.51. The molecule has 0 radical (unpaired) electrons. The summed E-state index contributed by atoms with van der Waals surface area (Å²) >= 11 is 0. The van der Waals surface area contributed by atoms with Gasteiger partial charge in [-0.25, -0.2) is 0 Å². The molecule has 13 nitrogen and oxygen atoms in total. The zero-order valence-corrected chi connectivity index (χ0v) is 24.2. The molecular formula is C28H44N6O7. The van der Waals surface area contributed by atoms with E-state index in [1.54, 1.807) is 29.6 Å². The Hall–Kier alpha value is -3.29. The Kier molecular flexibility index (Phi) is 12.3. The number of aliphatic hydroxyl groups excluding tert-OH is 1. The minimum Gasteiger partial charge on any atom is -0.396 e. The lowest BCUT2D eigenvalue weighted by molar-refractivity contribution is -0.127. The standard InChI is InChI=1S/C28H44N6O7/c1-19-21(27(39)31-22(8-15-35)28(40)30-9-4-11-33-10-3-5-25(33)37)17-23(34(19)14-16-41-2)24(36)18-32-12-6-20(7-13-32)26(29)38/h17,20,22,35H,3-16,18H2,1-2H3,(H2,29,38)(H,30,40)(H,31,39). The summed E-state index contributed by atoms with van der Waals surface area (Å²) < 4.78 is 6.96. The summed E-state index contributed by atoms with van der Waals surface area (Å²) in [5.74, 6) is -1.48. The zero-order chi connectivity index (χ0) is 29.9. The molecule has 1 aromatic rings. The number of carbonyl (C=O) groups is 5. The quantitative estimate of drug-likeness (QED) is 0.149. The van der Waals surface area contributed by atoms with E-state index in [9.17, 15) is 29.1 Å². The van der Waals surface area contributed by atoms with Gasteiger partial charge in [-0.3, -0.25) is 28.9 Å². The molecule has 0 spiro atoms. The molecule has 1 unspecified atom stereocenters. The van der Waals surface area contributed by atoms with Crippen LogP contribution in [0.15, 0.2) is 6.07 Å². The number of hydrogen-bond acceptors (Lipinski definition) is 8. The molecule has 2 aliphatic heterocycles. The lowest BCUT2D eigenvalue weighted by atomic mass is 9.96. The first-order valence-electron chi connectivity index (χ1n) is 14.4. The van der Waals surface area contributed by atoms with Crippen LogP contribution in [-0.2, 0) is 25.7 Å². The molecule has 3 heterocycles. The number of nitrogens with one attached hydrogen (secondary N) is 2. The fourth-order valence-electron chi connectivity index (χ4n) is 5.42. The first-order valence-corrected chi connectivity index (χ1v) is 14.4. The lowest BCUT2D eigenvalue weighted by Crippen LogP contribution is -2.47. The van der Waals surface area contributed by atoms with Crippen molar-refractivity contribution in [2.75, 3.05) is 59.6 Å². The SMILES string of the molecule is COCCn1c(C(=O)CN2CCC(C(N)=O)CC2)cc(C(=O)NC(CCO)C(=O)NCCCN2CCCC2=O)c1C. The van der Waals surface area contributed by atoms with E-state index in [2.05, 4.69) is 10.6 Å². The number of likely N-dealkylation sites (tertiary alicyclic amines) is 2. The van der Waals surface area contributed by atoms with Crippen LogP contribution in [0.2, 0.25) is 0 Å². The minimum absolute atomic E-state index is 0.0264. The highest BCUT2D eigenvalue weighted by molar-refractivity contribution is 6.03. The summed E-state index contributed by atoms with van der Waals surface area (Å²) in [5.41, 5.74) is 6.61. The monoisotopic (exact) mass is 576 g/mol. The minimum atomic E-state index is -0.964. The lowest BCUT2D eigenvalue weighted by Gasteiger charge is -2.29. The normalized spacial score (nSPS) is 17.0. The Balaban J connectivity index is 1.64. The fourth-order valence-corrected chi connectivity index (χ4v) is 5.42. The van der Waals surface area contributed by atoms with Crippen LogP contribution in [0.25, 0.3) is 0 Å². The van der Waals surface area contributed by atoms with Crippen LogP contribution in [0.4, 0.5) is 0 Å². The molecular weight excluding hydrogens is 532 g/mol. The Morgan fingerprint density at radius 1 is 1.17 bits per heavy atom. The van der Waals surface area contributed by atoms with Gasteiger partial charge >= 0.3 is 0 Å². The van der Waals surface area contributed by atoms with Crippen molar-refractivity contribution in [3.63, 3.8) is 0 Å². The molecule has 2 aliphatic rings. The maximum absolute atomic E-state index is 13.3. The van der Waals surface area contributed by atoms with Crippen molar-refractivity contribution in [1.29, 1.82) is 0 Å². The van der Waals surface area contributed by atoms with Crippen LogP contribution in [0.3, 0.4) is 0 Å². The third kappa shape index (κ3) is 8.85. The average molecular weight is 577 g/mol. The Morgan fingerprint density at radius 3 is 2.51 bits per heavy atom. The van der Waals surface area contributed by atoms with Gasteiger partial charge in [-0.05, 0) is 58.2 Å². The molecule has 4 amide bonds. The zero-order valence-electron chi connectivity index (χ0n) is 24.2. The third-order valence-corrected chi connectivity index (χ3v) is 7.89. The van der Waals surface area contributed by atoms with Gasteiger partial charge in [-0.2, -0.15) is 0 Å². The molecule has 1 aromatic heterocycles. The van der Waals surface area contributed by atoms with Gasteiger partial charge in [0.1, 0.15) is 6.04 Å². The number of carbonyl (C=O) groups excluding carboxylic acids is 5. The molecule has 2 saturated heterocycles. The topological polar surface area (TPSA) is 176 Å². The number of methoxy groups -OCH3 is 1. The van der Waals surface area contributed by atoms with Crippen molar-refractivity contribution < 1.29 is 33.8 Å². The van der Waals surface area contributed by atoms with E-state index >= 15 is 0 Å². The van der Waals surface area contributed by atoms with Gasteiger partial charge in [0.15, 0.2) is 5.78 Å². The number of piperidine rings is 1. The summed E-state index contributed by atoms with van der Waals surface area (Å²) in [6.07, 6.45) is 3.23. The highest BCUT2D eigenvalue weighted by atomic mass is 16.5. The predicted molar refractivity (Wildman–Crippen MR) is 150 cm³/mol. The molecule has 0 saturated carbocycles. The van der Waals surface area contributed by atoms with Crippen LogP contribution in [-0.4, -0.2) is 115 Å². The fraction of sp³-hybridized carbons (Fsp3) is 0.679. The number of ether oxygens (including phenoxy) is 1. The Bertz CT molecular complexity index is 1100. The number of hydrogen-bond donors (Lipinski definition) is 4. The van der Waals surface area contributed by atoms with Gasteiger partial charge in [-0.15, -0.1) is 0 Å². The number of aliphatic hydroxyl groups is 1. The van der Waals surface area contributed by atoms with Crippen molar-refractivity contribution in [3.05, 3.63) is 23.0 Å². The first-order chi connectivity index (χ1) is 19.7. The second kappa shape index (κ2) is 15.6. The van der Waals surface area contributed by atoms with Crippen molar-refractivity contribution in [3.8, 4) is 0 Å². The molecule has 41 heavy (non-hydrogen) atoms. The van der Waals surface area contributed by atoms with Gasteiger partial charge < -0.3 is 35.7 Å². The Labute approximate surface area is 240 Å². The van der Waals surface area contributed by atoms with E-state index in [0.29, 0.717) is 76.4 Å². The molecule has 228 valence electrons. The summed E-state index contributed by atoms with van der Waals surface area (Å²) in [5, 5.41) is 15.0. The molecule has 1 atom stereocenters. The van der Waals surface area contributed by atoms with Gasteiger partial charge in [0.05, 0.1) is 24.4 Å². The largest absolute Gasteiger partial charge is 0.396 e. The number of aromatic nitrogens is 1. The summed E-state index contributed by atoms with van der Waals surface area (Å²) in [6, 6.07) is 0.577. The maximum atomic E-state index is 13.3. The number of amides is 4. The smallest absolute Gasteiger partial charge is 0.253 e. The third-order valence-electron chi connectivity index (χ3n) is 7.89. The highest BCUT2D eigenvalue weighted by Crippen LogP contribution is 2.20.